The largest absolute Gasteiger partial charge is 0.481 e. The lowest BCUT2D eigenvalue weighted by Gasteiger charge is -2.28. The number of alkyl carbamates (subject to hydrolysis) is 1. The number of nitrogens with zero attached hydrogens (tertiary/aromatic N) is 1. The first-order valence-electron chi connectivity index (χ1n) is 11.5. The molecule has 3 aromatic rings. The fourth-order valence-corrected chi connectivity index (χ4v) is 4.46. The van der Waals surface area contributed by atoms with Crippen molar-refractivity contribution in [1.82, 2.24) is 10.2 Å². The van der Waals surface area contributed by atoms with E-state index >= 15 is 0 Å². The summed E-state index contributed by atoms with van der Waals surface area (Å²) < 4.78 is 10.9. The van der Waals surface area contributed by atoms with Crippen molar-refractivity contribution in [3.8, 4) is 11.1 Å². The zero-order valence-corrected chi connectivity index (χ0v) is 19.6. The number of fused-ring (bicyclic) bond motifs is 3. The molecule has 8 nitrogen and oxygen atoms in total. The molecule has 1 heterocycles. The third-order valence-corrected chi connectivity index (χ3v) is 6.46. The molecule has 2 atom stereocenters. The van der Waals surface area contributed by atoms with E-state index in [0.29, 0.717) is 5.76 Å². The van der Waals surface area contributed by atoms with Gasteiger partial charge >= 0.3 is 12.1 Å². The molecule has 35 heavy (non-hydrogen) atoms. The van der Waals surface area contributed by atoms with Crippen molar-refractivity contribution in [1.29, 1.82) is 0 Å². The number of furan rings is 1. The number of hydrogen-bond donors (Lipinski definition) is 2. The maximum Gasteiger partial charge on any atom is 0.407 e. The number of carboxylic acids is 1. The van der Waals surface area contributed by atoms with Crippen molar-refractivity contribution in [3.63, 3.8) is 0 Å². The van der Waals surface area contributed by atoms with Crippen LogP contribution >= 0.6 is 0 Å². The molecular formula is C27H28N2O6. The summed E-state index contributed by atoms with van der Waals surface area (Å²) in [5, 5.41) is 11.7. The van der Waals surface area contributed by atoms with E-state index in [9.17, 15) is 14.4 Å². The van der Waals surface area contributed by atoms with Gasteiger partial charge in [-0.25, -0.2) is 4.79 Å². The van der Waals surface area contributed by atoms with Crippen LogP contribution in [0.2, 0.25) is 0 Å². The van der Waals surface area contributed by atoms with E-state index in [1.54, 1.807) is 26.1 Å². The molecule has 0 bridgehead atoms. The minimum absolute atomic E-state index is 0.0619. The number of benzene rings is 2. The SMILES string of the molecule is CC(c1ccco1)N(C)C(=O)C(CCC(=O)O)NC(=O)OCC1c2ccccc2-c2ccccc21. The van der Waals surface area contributed by atoms with E-state index in [2.05, 4.69) is 5.32 Å². The average Bonchev–Trinajstić information content (AvgIpc) is 3.51. The number of likely N-dealkylation sites (N-methyl/N-ethyl adjacent to an activating group) is 1. The van der Waals surface area contributed by atoms with Gasteiger partial charge in [-0.15, -0.1) is 0 Å². The summed E-state index contributed by atoms with van der Waals surface area (Å²) in [4.78, 5) is 38.4. The minimum Gasteiger partial charge on any atom is -0.481 e. The molecule has 1 aromatic heterocycles. The fraction of sp³-hybridized carbons (Fsp3) is 0.296. The highest BCUT2D eigenvalue weighted by molar-refractivity contribution is 5.86. The molecule has 2 aromatic carbocycles. The molecule has 1 aliphatic rings. The van der Waals surface area contributed by atoms with Gasteiger partial charge in [0.25, 0.3) is 0 Å². The third kappa shape index (κ3) is 5.21. The summed E-state index contributed by atoms with van der Waals surface area (Å²) >= 11 is 0. The Labute approximate surface area is 203 Å². The number of rotatable bonds is 9. The van der Waals surface area contributed by atoms with Gasteiger partial charge in [0.1, 0.15) is 18.4 Å². The van der Waals surface area contributed by atoms with Crippen molar-refractivity contribution < 1.29 is 28.6 Å². The molecule has 0 aliphatic heterocycles. The number of carbonyl (C=O) groups is 3. The number of carbonyl (C=O) groups excluding carboxylic acids is 2. The monoisotopic (exact) mass is 476 g/mol. The second kappa shape index (κ2) is 10.5. The van der Waals surface area contributed by atoms with Crippen molar-refractivity contribution in [2.75, 3.05) is 13.7 Å². The first kappa shape index (κ1) is 24.1. The highest BCUT2D eigenvalue weighted by Crippen LogP contribution is 2.44. The second-order valence-electron chi connectivity index (χ2n) is 8.60. The van der Waals surface area contributed by atoms with E-state index < -0.39 is 30.1 Å². The van der Waals surface area contributed by atoms with Crippen LogP contribution in [0.5, 0.6) is 0 Å². The Balaban J connectivity index is 1.44. The van der Waals surface area contributed by atoms with Crippen molar-refractivity contribution in [2.45, 2.75) is 37.8 Å². The van der Waals surface area contributed by atoms with Gasteiger partial charge in [-0.05, 0) is 47.7 Å². The van der Waals surface area contributed by atoms with Gasteiger partial charge in [0.05, 0.1) is 12.3 Å². The number of amides is 2. The third-order valence-electron chi connectivity index (χ3n) is 6.46. The van der Waals surface area contributed by atoms with Crippen LogP contribution in [-0.2, 0) is 14.3 Å². The summed E-state index contributed by atoms with van der Waals surface area (Å²) in [6, 6.07) is 18.0. The average molecular weight is 477 g/mol. The molecule has 1 aliphatic carbocycles. The lowest BCUT2D eigenvalue weighted by Crippen LogP contribution is -2.48. The fourth-order valence-electron chi connectivity index (χ4n) is 4.46. The molecule has 0 spiro atoms. The molecule has 0 radical (unpaired) electrons. The van der Waals surface area contributed by atoms with Gasteiger partial charge in [0.15, 0.2) is 0 Å². The van der Waals surface area contributed by atoms with Crippen LogP contribution in [0.4, 0.5) is 4.79 Å². The Kier molecular flexibility index (Phi) is 7.19. The molecule has 0 fully saturated rings. The Morgan fingerprint density at radius 3 is 2.23 bits per heavy atom. The van der Waals surface area contributed by atoms with Crippen molar-refractivity contribution in [2.24, 2.45) is 0 Å². The lowest BCUT2D eigenvalue weighted by molar-refractivity contribution is -0.138. The topological polar surface area (TPSA) is 109 Å². The molecular weight excluding hydrogens is 448 g/mol. The van der Waals surface area contributed by atoms with E-state index in [0.717, 1.165) is 22.3 Å². The highest BCUT2D eigenvalue weighted by Gasteiger charge is 2.31. The standard InChI is InChI=1S/C27H28N2O6/c1-17(24-12-7-15-34-24)29(2)26(32)23(13-14-25(30)31)28-27(33)35-16-22-20-10-5-3-8-18(20)19-9-4-6-11-21(19)22/h3-12,15,17,22-23H,13-14,16H2,1-2H3,(H,28,33)(H,30,31). The first-order chi connectivity index (χ1) is 16.9. The van der Waals surface area contributed by atoms with Gasteiger partial charge in [0.2, 0.25) is 5.91 Å². The maximum absolute atomic E-state index is 13.1. The molecule has 8 heteroatoms. The summed E-state index contributed by atoms with van der Waals surface area (Å²) in [6.45, 7) is 1.89. The Hall–Kier alpha value is -4.07. The van der Waals surface area contributed by atoms with E-state index in [1.807, 2.05) is 48.5 Å². The number of hydrogen-bond acceptors (Lipinski definition) is 5. The smallest absolute Gasteiger partial charge is 0.407 e. The summed E-state index contributed by atoms with van der Waals surface area (Å²) in [6.07, 6.45) is 0.409. The Morgan fingerprint density at radius 2 is 1.66 bits per heavy atom. The van der Waals surface area contributed by atoms with Gasteiger partial charge in [-0.2, -0.15) is 0 Å². The van der Waals surface area contributed by atoms with E-state index in [-0.39, 0.29) is 25.4 Å². The molecule has 0 saturated carbocycles. The van der Waals surface area contributed by atoms with Crippen LogP contribution in [0.1, 0.15) is 48.6 Å². The Morgan fingerprint density at radius 1 is 1.03 bits per heavy atom. The molecule has 2 N–H and O–H groups in total. The molecule has 2 amide bonds. The molecule has 182 valence electrons. The van der Waals surface area contributed by atoms with Gasteiger partial charge < -0.3 is 24.5 Å². The number of aliphatic carboxylic acids is 1. The normalized spacial score (nSPS) is 13.9. The van der Waals surface area contributed by atoms with E-state index in [1.165, 1.54) is 11.2 Å². The highest BCUT2D eigenvalue weighted by atomic mass is 16.5. The van der Waals surface area contributed by atoms with Gasteiger partial charge in [0, 0.05) is 19.4 Å². The molecule has 4 rings (SSSR count). The zero-order chi connectivity index (χ0) is 24.9. The van der Waals surface area contributed by atoms with Crippen LogP contribution in [-0.4, -0.2) is 47.7 Å². The van der Waals surface area contributed by atoms with Crippen LogP contribution in [0.3, 0.4) is 0 Å². The van der Waals surface area contributed by atoms with Crippen LogP contribution < -0.4 is 5.32 Å². The maximum atomic E-state index is 13.1. The molecule has 2 unspecified atom stereocenters. The number of nitrogens with one attached hydrogen (secondary N) is 1. The zero-order valence-electron chi connectivity index (χ0n) is 19.6. The lowest BCUT2D eigenvalue weighted by atomic mass is 9.98. The predicted molar refractivity (Wildman–Crippen MR) is 129 cm³/mol. The summed E-state index contributed by atoms with van der Waals surface area (Å²) in [5.41, 5.74) is 4.37. The van der Waals surface area contributed by atoms with Crippen LogP contribution in [0, 0.1) is 0 Å². The van der Waals surface area contributed by atoms with Gasteiger partial charge in [-0.1, -0.05) is 48.5 Å². The second-order valence-corrected chi connectivity index (χ2v) is 8.60. The quantitative estimate of drug-likeness (QED) is 0.468. The minimum atomic E-state index is -1.06. The van der Waals surface area contributed by atoms with E-state index in [4.69, 9.17) is 14.3 Å². The predicted octanol–water partition coefficient (Wildman–Crippen LogP) is 4.57. The van der Waals surface area contributed by atoms with Crippen molar-refractivity contribution >= 4 is 18.0 Å². The number of carboxylic acid groups (broad SMARTS) is 1. The summed E-state index contributed by atoms with van der Waals surface area (Å²) in [5.74, 6) is -1.02. The van der Waals surface area contributed by atoms with Crippen molar-refractivity contribution in [3.05, 3.63) is 83.8 Å². The number of ether oxygens (including phenoxy) is 1. The van der Waals surface area contributed by atoms with Crippen LogP contribution in [0.15, 0.2) is 71.3 Å². The summed E-state index contributed by atoms with van der Waals surface area (Å²) in [7, 11) is 1.59. The van der Waals surface area contributed by atoms with Crippen LogP contribution in [0.25, 0.3) is 11.1 Å². The molecule has 0 saturated heterocycles. The Bertz CT molecular complexity index is 1160. The van der Waals surface area contributed by atoms with Gasteiger partial charge in [-0.3, -0.25) is 9.59 Å². The first-order valence-corrected chi connectivity index (χ1v) is 11.5.